The van der Waals surface area contributed by atoms with Crippen molar-refractivity contribution >= 4 is 29.9 Å². The number of rotatable bonds is 9. The van der Waals surface area contributed by atoms with Crippen molar-refractivity contribution in [3.63, 3.8) is 0 Å². The number of benzene rings is 1. The molecule has 2 aromatic rings. The third-order valence-electron chi connectivity index (χ3n) is 4.50. The van der Waals surface area contributed by atoms with Crippen LogP contribution in [0.3, 0.4) is 0 Å². The van der Waals surface area contributed by atoms with Crippen molar-refractivity contribution in [1.29, 1.82) is 0 Å². The van der Waals surface area contributed by atoms with E-state index in [1.54, 1.807) is 14.2 Å². The van der Waals surface area contributed by atoms with Gasteiger partial charge in [-0.3, -0.25) is 4.99 Å². The summed E-state index contributed by atoms with van der Waals surface area (Å²) in [5.74, 6) is 1.58. The lowest BCUT2D eigenvalue weighted by molar-refractivity contribution is 0.0420. The summed E-state index contributed by atoms with van der Waals surface area (Å²) in [6.45, 7) is 3.66. The van der Waals surface area contributed by atoms with Crippen LogP contribution in [0.2, 0.25) is 0 Å². The minimum absolute atomic E-state index is 0. The van der Waals surface area contributed by atoms with Crippen molar-refractivity contribution in [3.8, 4) is 11.4 Å². The molecule has 1 saturated heterocycles. The van der Waals surface area contributed by atoms with Gasteiger partial charge in [0, 0.05) is 33.0 Å². The summed E-state index contributed by atoms with van der Waals surface area (Å²) in [6, 6.07) is 9.78. The molecule has 8 nitrogen and oxygen atoms in total. The third-order valence-corrected chi connectivity index (χ3v) is 4.50. The molecule has 3 rings (SSSR count). The van der Waals surface area contributed by atoms with Crippen LogP contribution in [0.5, 0.6) is 5.75 Å². The van der Waals surface area contributed by atoms with Gasteiger partial charge in [0.25, 0.3) is 0 Å². The lowest BCUT2D eigenvalue weighted by Gasteiger charge is -2.12. The van der Waals surface area contributed by atoms with Crippen molar-refractivity contribution in [2.24, 2.45) is 4.99 Å². The molecule has 1 aliphatic heterocycles. The fourth-order valence-electron chi connectivity index (χ4n) is 2.90. The first-order valence-electron chi connectivity index (χ1n) is 9.61. The molecule has 0 aliphatic carbocycles. The van der Waals surface area contributed by atoms with Gasteiger partial charge < -0.3 is 24.8 Å². The summed E-state index contributed by atoms with van der Waals surface area (Å²) in [5.41, 5.74) is 1.92. The molecule has 29 heavy (non-hydrogen) atoms. The fourth-order valence-corrected chi connectivity index (χ4v) is 2.90. The van der Waals surface area contributed by atoms with Crippen LogP contribution in [0.15, 0.2) is 41.5 Å². The molecule has 0 bridgehead atoms. The fraction of sp³-hybridized carbons (Fsp3) is 0.500. The summed E-state index contributed by atoms with van der Waals surface area (Å²) in [5, 5.41) is 11.2. The second-order valence-corrected chi connectivity index (χ2v) is 6.51. The van der Waals surface area contributed by atoms with Crippen LogP contribution in [-0.4, -0.2) is 62.4 Å². The Hall–Kier alpha value is -1.85. The molecule has 1 aromatic carbocycles. The van der Waals surface area contributed by atoms with E-state index in [0.717, 1.165) is 62.3 Å². The van der Waals surface area contributed by atoms with Gasteiger partial charge in [-0.25, -0.2) is 4.68 Å². The average molecular weight is 515 g/mol. The van der Waals surface area contributed by atoms with Crippen LogP contribution >= 0.6 is 24.0 Å². The summed E-state index contributed by atoms with van der Waals surface area (Å²) < 4.78 is 18.1. The first-order valence-corrected chi connectivity index (χ1v) is 9.61. The molecule has 1 unspecified atom stereocenters. The number of hydrogen-bond donors (Lipinski definition) is 2. The highest BCUT2D eigenvalue weighted by Crippen LogP contribution is 2.14. The molecule has 1 aromatic heterocycles. The zero-order valence-corrected chi connectivity index (χ0v) is 19.3. The van der Waals surface area contributed by atoms with Gasteiger partial charge in [0.05, 0.1) is 37.7 Å². The standard InChI is InChI=1S/C20H29N5O3.HI/c1-21-20(22-10-3-12-28-19-9-13-27-15-19)23-14-16-8-11-25(24-16)17-4-6-18(26-2)7-5-17;/h4-8,11,19H,3,9-10,12-15H2,1-2H3,(H2,21,22,23);1H. The minimum atomic E-state index is 0. The van der Waals surface area contributed by atoms with Gasteiger partial charge >= 0.3 is 0 Å². The van der Waals surface area contributed by atoms with Gasteiger partial charge in [-0.1, -0.05) is 0 Å². The highest BCUT2D eigenvalue weighted by Gasteiger charge is 2.15. The van der Waals surface area contributed by atoms with E-state index in [0.29, 0.717) is 6.54 Å². The maximum absolute atomic E-state index is 5.76. The van der Waals surface area contributed by atoms with Gasteiger partial charge in [-0.15, -0.1) is 24.0 Å². The third kappa shape index (κ3) is 7.48. The Morgan fingerprint density at radius 1 is 1.28 bits per heavy atom. The maximum Gasteiger partial charge on any atom is 0.191 e. The second kappa shape index (κ2) is 12.7. The number of nitrogens with zero attached hydrogens (tertiary/aromatic N) is 3. The smallest absolute Gasteiger partial charge is 0.191 e. The Bertz CT molecular complexity index is 745. The zero-order valence-electron chi connectivity index (χ0n) is 17.0. The first-order chi connectivity index (χ1) is 13.8. The van der Waals surface area contributed by atoms with Crippen molar-refractivity contribution in [3.05, 3.63) is 42.2 Å². The Labute approximate surface area is 189 Å². The maximum atomic E-state index is 5.76. The number of methoxy groups -OCH3 is 1. The number of aromatic nitrogens is 2. The van der Waals surface area contributed by atoms with Crippen LogP contribution in [0.25, 0.3) is 5.69 Å². The molecule has 9 heteroatoms. The molecule has 2 heterocycles. The topological polar surface area (TPSA) is 81.9 Å². The molecule has 2 N–H and O–H groups in total. The number of aliphatic imine (C=N–C) groups is 1. The van der Waals surface area contributed by atoms with Crippen molar-refractivity contribution in [2.45, 2.75) is 25.5 Å². The van der Waals surface area contributed by atoms with Gasteiger partial charge in [0.2, 0.25) is 0 Å². The lowest BCUT2D eigenvalue weighted by atomic mass is 10.3. The Kier molecular flexibility index (Phi) is 10.2. The van der Waals surface area contributed by atoms with Gasteiger partial charge in [-0.2, -0.15) is 5.10 Å². The average Bonchev–Trinajstić information content (AvgIpc) is 3.42. The molecular formula is C20H30IN5O3. The Morgan fingerprint density at radius 2 is 2.10 bits per heavy atom. The largest absolute Gasteiger partial charge is 0.497 e. The van der Waals surface area contributed by atoms with Crippen LogP contribution in [0, 0.1) is 0 Å². The van der Waals surface area contributed by atoms with Crippen molar-refractivity contribution < 1.29 is 14.2 Å². The molecular weight excluding hydrogens is 485 g/mol. The van der Waals surface area contributed by atoms with Crippen LogP contribution in [-0.2, 0) is 16.0 Å². The summed E-state index contributed by atoms with van der Waals surface area (Å²) in [7, 11) is 3.42. The monoisotopic (exact) mass is 515 g/mol. The van der Waals surface area contributed by atoms with Crippen molar-refractivity contribution in [1.82, 2.24) is 20.4 Å². The molecule has 1 atom stereocenters. The number of nitrogens with one attached hydrogen (secondary N) is 2. The zero-order chi connectivity index (χ0) is 19.6. The molecule has 0 amide bonds. The number of guanidine groups is 1. The second-order valence-electron chi connectivity index (χ2n) is 6.51. The SMILES string of the molecule is CN=C(NCCCOC1CCOC1)NCc1ccn(-c2ccc(OC)cc2)n1.I. The van der Waals surface area contributed by atoms with Gasteiger partial charge in [-0.05, 0) is 43.2 Å². The van der Waals surface area contributed by atoms with E-state index in [9.17, 15) is 0 Å². The Balaban J connectivity index is 0.00000300. The number of halogens is 1. The normalized spacial score (nSPS) is 16.3. The van der Waals surface area contributed by atoms with E-state index >= 15 is 0 Å². The first kappa shape index (κ1) is 23.4. The quantitative estimate of drug-likeness (QED) is 0.231. The van der Waals surface area contributed by atoms with E-state index in [1.165, 1.54) is 0 Å². The molecule has 160 valence electrons. The predicted molar refractivity (Wildman–Crippen MR) is 124 cm³/mol. The molecule has 0 saturated carbocycles. The van der Waals surface area contributed by atoms with E-state index in [1.807, 2.05) is 41.2 Å². The van der Waals surface area contributed by atoms with Crippen molar-refractivity contribution in [2.75, 3.05) is 40.5 Å². The van der Waals surface area contributed by atoms with Crippen LogP contribution in [0.1, 0.15) is 18.5 Å². The number of ether oxygens (including phenoxy) is 3. The van der Waals surface area contributed by atoms with Crippen LogP contribution in [0.4, 0.5) is 0 Å². The summed E-state index contributed by atoms with van der Waals surface area (Å²) >= 11 is 0. The summed E-state index contributed by atoms with van der Waals surface area (Å²) in [6.07, 6.45) is 4.13. The highest BCUT2D eigenvalue weighted by molar-refractivity contribution is 14.0. The highest BCUT2D eigenvalue weighted by atomic mass is 127. The van der Waals surface area contributed by atoms with Crippen LogP contribution < -0.4 is 15.4 Å². The minimum Gasteiger partial charge on any atom is -0.497 e. The van der Waals surface area contributed by atoms with E-state index < -0.39 is 0 Å². The molecule has 1 fully saturated rings. The molecule has 1 aliphatic rings. The Morgan fingerprint density at radius 3 is 2.79 bits per heavy atom. The van der Waals surface area contributed by atoms with Gasteiger partial charge in [0.1, 0.15) is 5.75 Å². The molecule has 0 spiro atoms. The van der Waals surface area contributed by atoms with Gasteiger partial charge in [0.15, 0.2) is 5.96 Å². The number of hydrogen-bond acceptors (Lipinski definition) is 5. The molecule has 0 radical (unpaired) electrons. The van der Waals surface area contributed by atoms with E-state index in [-0.39, 0.29) is 30.1 Å². The predicted octanol–water partition coefficient (Wildman–Crippen LogP) is 2.36. The summed E-state index contributed by atoms with van der Waals surface area (Å²) in [4.78, 5) is 4.25. The van der Waals surface area contributed by atoms with E-state index in [2.05, 4.69) is 20.7 Å². The van der Waals surface area contributed by atoms with E-state index in [4.69, 9.17) is 14.2 Å². The lowest BCUT2D eigenvalue weighted by Crippen LogP contribution is -2.37.